The highest BCUT2D eigenvalue weighted by Gasteiger charge is 2.09. The molecular weight excluding hydrogens is 252 g/mol. The predicted molar refractivity (Wildman–Crippen MR) is 65.5 cm³/mol. The maximum Gasteiger partial charge on any atom is 0.151 e. The summed E-state index contributed by atoms with van der Waals surface area (Å²) in [5.41, 5.74) is 3.60. The van der Waals surface area contributed by atoms with Crippen molar-refractivity contribution in [3.05, 3.63) is 45.8 Å². The lowest BCUT2D eigenvalue weighted by molar-refractivity contribution is 0.912. The van der Waals surface area contributed by atoms with Crippen LogP contribution in [0.5, 0.6) is 0 Å². The fraction of sp³-hybridized carbons (Fsp3) is 0.250. The Morgan fingerprint density at radius 2 is 1.67 bits per heavy atom. The molecule has 0 N–H and O–H groups in total. The molecule has 0 radical (unpaired) electrons. The number of halogens is 1. The largest absolute Gasteiger partial charge is 0.302 e. The number of aryl methyl sites for hydroxylation is 3. The van der Waals surface area contributed by atoms with Crippen LogP contribution >= 0.6 is 15.9 Å². The van der Waals surface area contributed by atoms with Gasteiger partial charge in [-0.3, -0.25) is 0 Å². The molecule has 2 aromatic rings. The van der Waals surface area contributed by atoms with Gasteiger partial charge < -0.3 is 4.57 Å². The molecule has 0 saturated carbocycles. The molecule has 0 unspecified atom stereocenters. The SMILES string of the molecule is Cc1ccnc(-n2c(C)ccc2C)c1Br. The van der Waals surface area contributed by atoms with Crippen molar-refractivity contribution < 1.29 is 0 Å². The van der Waals surface area contributed by atoms with Crippen LogP contribution in [-0.2, 0) is 0 Å². The van der Waals surface area contributed by atoms with Crippen LogP contribution in [0.15, 0.2) is 28.9 Å². The Labute approximate surface area is 98.1 Å². The van der Waals surface area contributed by atoms with Crippen molar-refractivity contribution in [2.75, 3.05) is 0 Å². The van der Waals surface area contributed by atoms with Crippen LogP contribution in [0.3, 0.4) is 0 Å². The van der Waals surface area contributed by atoms with Gasteiger partial charge in [0.15, 0.2) is 5.82 Å². The van der Waals surface area contributed by atoms with Crippen molar-refractivity contribution in [3.8, 4) is 5.82 Å². The normalized spacial score (nSPS) is 10.7. The van der Waals surface area contributed by atoms with Crippen molar-refractivity contribution in [2.24, 2.45) is 0 Å². The molecule has 78 valence electrons. The van der Waals surface area contributed by atoms with Crippen molar-refractivity contribution in [2.45, 2.75) is 20.8 Å². The highest BCUT2D eigenvalue weighted by Crippen LogP contribution is 2.25. The number of hydrogen-bond acceptors (Lipinski definition) is 1. The first-order valence-corrected chi connectivity index (χ1v) is 5.67. The summed E-state index contributed by atoms with van der Waals surface area (Å²) in [6.45, 7) is 6.25. The van der Waals surface area contributed by atoms with E-state index in [0.717, 1.165) is 10.3 Å². The second kappa shape index (κ2) is 3.81. The Morgan fingerprint density at radius 1 is 1.07 bits per heavy atom. The van der Waals surface area contributed by atoms with Gasteiger partial charge in [-0.1, -0.05) is 0 Å². The molecule has 0 atom stereocenters. The molecule has 0 aliphatic rings. The third-order valence-electron chi connectivity index (χ3n) is 2.55. The summed E-state index contributed by atoms with van der Waals surface area (Å²) in [4.78, 5) is 4.42. The van der Waals surface area contributed by atoms with Crippen LogP contribution < -0.4 is 0 Å². The summed E-state index contributed by atoms with van der Waals surface area (Å²) in [6, 6.07) is 6.21. The van der Waals surface area contributed by atoms with Gasteiger partial charge in [0.05, 0.1) is 4.47 Å². The van der Waals surface area contributed by atoms with Crippen LogP contribution in [0.2, 0.25) is 0 Å². The predicted octanol–water partition coefficient (Wildman–Crippen LogP) is 3.56. The molecule has 0 aliphatic carbocycles. The second-order valence-electron chi connectivity index (χ2n) is 3.72. The third-order valence-corrected chi connectivity index (χ3v) is 3.53. The standard InChI is InChI=1S/C12H13BrN2/c1-8-6-7-14-12(11(8)13)15-9(2)4-5-10(15)3/h4-7H,1-3H3. The lowest BCUT2D eigenvalue weighted by atomic mass is 10.3. The molecule has 0 bridgehead atoms. The first-order chi connectivity index (χ1) is 7.11. The lowest BCUT2D eigenvalue weighted by Crippen LogP contribution is -2.03. The van der Waals surface area contributed by atoms with E-state index in [0.29, 0.717) is 0 Å². The van der Waals surface area contributed by atoms with E-state index in [1.54, 1.807) is 0 Å². The molecule has 0 amide bonds. The Morgan fingerprint density at radius 3 is 2.27 bits per heavy atom. The first-order valence-electron chi connectivity index (χ1n) is 4.87. The number of pyridine rings is 1. The molecule has 15 heavy (non-hydrogen) atoms. The molecule has 2 nitrogen and oxygen atoms in total. The zero-order chi connectivity index (χ0) is 11.0. The van der Waals surface area contributed by atoms with Gasteiger partial charge in [0.25, 0.3) is 0 Å². The Bertz CT molecular complexity index is 481. The van der Waals surface area contributed by atoms with Crippen molar-refractivity contribution in [1.29, 1.82) is 0 Å². The fourth-order valence-corrected chi connectivity index (χ4v) is 2.10. The van der Waals surface area contributed by atoms with Crippen LogP contribution in [0.4, 0.5) is 0 Å². The summed E-state index contributed by atoms with van der Waals surface area (Å²) in [5, 5.41) is 0. The topological polar surface area (TPSA) is 17.8 Å². The molecular formula is C12H13BrN2. The number of hydrogen-bond donors (Lipinski definition) is 0. The van der Waals surface area contributed by atoms with Gasteiger partial charge in [-0.05, 0) is 60.5 Å². The number of aromatic nitrogens is 2. The summed E-state index contributed by atoms with van der Waals surface area (Å²) in [7, 11) is 0. The quantitative estimate of drug-likeness (QED) is 0.770. The monoisotopic (exact) mass is 264 g/mol. The van der Waals surface area contributed by atoms with E-state index < -0.39 is 0 Å². The van der Waals surface area contributed by atoms with Gasteiger partial charge >= 0.3 is 0 Å². The maximum absolute atomic E-state index is 4.42. The van der Waals surface area contributed by atoms with E-state index in [1.165, 1.54) is 17.0 Å². The van der Waals surface area contributed by atoms with Crippen molar-refractivity contribution in [1.82, 2.24) is 9.55 Å². The molecule has 0 fully saturated rings. The molecule has 2 rings (SSSR count). The molecule has 2 heterocycles. The second-order valence-corrected chi connectivity index (χ2v) is 4.51. The number of rotatable bonds is 1. The van der Waals surface area contributed by atoms with Crippen LogP contribution in [0.1, 0.15) is 17.0 Å². The van der Waals surface area contributed by atoms with Crippen LogP contribution in [0, 0.1) is 20.8 Å². The molecule has 0 aromatic carbocycles. The lowest BCUT2D eigenvalue weighted by Gasteiger charge is -2.11. The van der Waals surface area contributed by atoms with Crippen LogP contribution in [-0.4, -0.2) is 9.55 Å². The molecule has 0 saturated heterocycles. The third kappa shape index (κ3) is 1.72. The van der Waals surface area contributed by atoms with Gasteiger partial charge in [-0.25, -0.2) is 4.98 Å². The molecule has 0 aliphatic heterocycles. The van der Waals surface area contributed by atoms with Crippen molar-refractivity contribution >= 4 is 15.9 Å². The highest BCUT2D eigenvalue weighted by molar-refractivity contribution is 9.10. The van der Waals surface area contributed by atoms with Gasteiger partial charge in [-0.15, -0.1) is 0 Å². The van der Waals surface area contributed by atoms with Gasteiger partial charge in [0.2, 0.25) is 0 Å². The average molecular weight is 265 g/mol. The molecule has 2 aromatic heterocycles. The van der Waals surface area contributed by atoms with E-state index in [2.05, 4.69) is 58.4 Å². The van der Waals surface area contributed by atoms with Gasteiger partial charge in [0, 0.05) is 17.6 Å². The highest BCUT2D eigenvalue weighted by atomic mass is 79.9. The van der Waals surface area contributed by atoms with E-state index in [9.17, 15) is 0 Å². The van der Waals surface area contributed by atoms with E-state index in [-0.39, 0.29) is 0 Å². The Balaban J connectivity index is 2.69. The van der Waals surface area contributed by atoms with E-state index >= 15 is 0 Å². The van der Waals surface area contributed by atoms with E-state index in [1.807, 2.05) is 12.3 Å². The van der Waals surface area contributed by atoms with E-state index in [4.69, 9.17) is 0 Å². The minimum Gasteiger partial charge on any atom is -0.302 e. The molecule has 3 heteroatoms. The summed E-state index contributed by atoms with van der Waals surface area (Å²) >= 11 is 3.59. The minimum absolute atomic E-state index is 0.968. The summed E-state index contributed by atoms with van der Waals surface area (Å²) in [6.07, 6.45) is 1.84. The first kappa shape index (κ1) is 10.4. The van der Waals surface area contributed by atoms with Crippen LogP contribution in [0.25, 0.3) is 5.82 Å². The summed E-state index contributed by atoms with van der Waals surface area (Å²) < 4.78 is 3.21. The maximum atomic E-state index is 4.42. The zero-order valence-electron chi connectivity index (χ0n) is 9.08. The van der Waals surface area contributed by atoms with Crippen molar-refractivity contribution in [3.63, 3.8) is 0 Å². The van der Waals surface area contributed by atoms with Gasteiger partial charge in [0.1, 0.15) is 0 Å². The average Bonchev–Trinajstić information content (AvgIpc) is 2.52. The number of nitrogens with zero attached hydrogens (tertiary/aromatic N) is 2. The molecule has 0 spiro atoms. The summed E-state index contributed by atoms with van der Waals surface area (Å²) in [5.74, 6) is 0.968. The Hall–Kier alpha value is -1.09. The smallest absolute Gasteiger partial charge is 0.151 e. The van der Waals surface area contributed by atoms with Gasteiger partial charge in [-0.2, -0.15) is 0 Å². The minimum atomic E-state index is 0.968. The zero-order valence-corrected chi connectivity index (χ0v) is 10.7. The Kier molecular flexibility index (Phi) is 2.65. The fourth-order valence-electron chi connectivity index (χ4n) is 1.68.